The summed E-state index contributed by atoms with van der Waals surface area (Å²) < 4.78 is 7.77. The van der Waals surface area contributed by atoms with Gasteiger partial charge in [-0.3, -0.25) is 4.68 Å². The molecule has 130 valence electrons. The van der Waals surface area contributed by atoms with E-state index in [9.17, 15) is 0 Å². The number of anilines is 2. The van der Waals surface area contributed by atoms with Crippen LogP contribution in [0.2, 0.25) is 0 Å². The molecule has 0 spiro atoms. The number of nitrogens with zero attached hydrogens (tertiary/aromatic N) is 4. The second-order valence-electron chi connectivity index (χ2n) is 6.54. The molecule has 7 heteroatoms. The molecule has 2 atom stereocenters. The van der Waals surface area contributed by atoms with Gasteiger partial charge in [0.2, 0.25) is 5.95 Å². The van der Waals surface area contributed by atoms with Crippen LogP contribution in [0.25, 0.3) is 0 Å². The molecular weight excluding hydrogens is 304 g/mol. The molecule has 0 aromatic carbocycles. The summed E-state index contributed by atoms with van der Waals surface area (Å²) in [6, 6.07) is 4.17. The van der Waals surface area contributed by atoms with Gasteiger partial charge in [-0.1, -0.05) is 13.8 Å². The minimum Gasteiger partial charge on any atom is -0.376 e. The van der Waals surface area contributed by atoms with Crippen LogP contribution in [0.1, 0.15) is 32.4 Å². The molecule has 2 aromatic heterocycles. The lowest BCUT2D eigenvalue weighted by Gasteiger charge is -2.35. The number of hydrogen-bond donors (Lipinski definition) is 2. The summed E-state index contributed by atoms with van der Waals surface area (Å²) in [5, 5.41) is 10.9. The van der Waals surface area contributed by atoms with E-state index in [2.05, 4.69) is 39.5 Å². The molecule has 7 nitrogen and oxygen atoms in total. The number of nitrogens with one attached hydrogen (secondary N) is 2. The molecule has 2 aromatic rings. The van der Waals surface area contributed by atoms with Gasteiger partial charge in [-0.15, -0.1) is 0 Å². The van der Waals surface area contributed by atoms with Gasteiger partial charge in [0.25, 0.3) is 0 Å². The molecule has 1 aliphatic heterocycles. The molecule has 3 rings (SSSR count). The number of rotatable bonds is 6. The fourth-order valence-electron chi connectivity index (χ4n) is 3.07. The van der Waals surface area contributed by atoms with Crippen LogP contribution in [0.4, 0.5) is 11.8 Å². The summed E-state index contributed by atoms with van der Waals surface area (Å²) in [4.78, 5) is 8.86. The zero-order chi connectivity index (χ0) is 16.9. The maximum absolute atomic E-state index is 5.93. The van der Waals surface area contributed by atoms with Gasteiger partial charge < -0.3 is 15.4 Å². The second kappa shape index (κ2) is 7.61. The summed E-state index contributed by atoms with van der Waals surface area (Å²) in [6.07, 6.45) is 5.96. The zero-order valence-electron chi connectivity index (χ0n) is 14.6. The molecule has 1 fully saturated rings. The van der Waals surface area contributed by atoms with Gasteiger partial charge in [0, 0.05) is 26.0 Å². The Kier molecular flexibility index (Phi) is 5.30. The topological polar surface area (TPSA) is 76.9 Å². The monoisotopic (exact) mass is 330 g/mol. The molecule has 0 aliphatic carbocycles. The van der Waals surface area contributed by atoms with E-state index in [1.54, 1.807) is 12.4 Å². The smallest absolute Gasteiger partial charge is 0.224 e. The molecule has 2 unspecified atom stereocenters. The fraction of sp³-hybridized carbons (Fsp3) is 0.588. The van der Waals surface area contributed by atoms with Crippen molar-refractivity contribution in [2.75, 3.05) is 17.2 Å². The Hall–Kier alpha value is -2.15. The van der Waals surface area contributed by atoms with Crippen molar-refractivity contribution in [2.45, 2.75) is 45.4 Å². The third-order valence-corrected chi connectivity index (χ3v) is 4.36. The Morgan fingerprint density at radius 2 is 2.21 bits per heavy atom. The van der Waals surface area contributed by atoms with Gasteiger partial charge in [-0.25, -0.2) is 4.98 Å². The first kappa shape index (κ1) is 16.7. The van der Waals surface area contributed by atoms with Gasteiger partial charge in [0.05, 0.1) is 24.4 Å². The lowest BCUT2D eigenvalue weighted by molar-refractivity contribution is -0.0203. The molecule has 0 radical (unpaired) electrons. The van der Waals surface area contributed by atoms with E-state index in [1.807, 2.05) is 23.9 Å². The summed E-state index contributed by atoms with van der Waals surface area (Å²) in [7, 11) is 1.92. The van der Waals surface area contributed by atoms with E-state index in [0.717, 1.165) is 31.0 Å². The number of hydrogen-bond acceptors (Lipinski definition) is 6. The van der Waals surface area contributed by atoms with Gasteiger partial charge in [-0.2, -0.15) is 10.1 Å². The van der Waals surface area contributed by atoms with Crippen LogP contribution in [0, 0.1) is 5.92 Å². The van der Waals surface area contributed by atoms with Crippen molar-refractivity contribution < 1.29 is 4.74 Å². The van der Waals surface area contributed by atoms with Crippen LogP contribution >= 0.6 is 0 Å². The summed E-state index contributed by atoms with van der Waals surface area (Å²) in [5.74, 6) is 1.92. The van der Waals surface area contributed by atoms with Gasteiger partial charge in [0.15, 0.2) is 0 Å². The average Bonchev–Trinajstić information content (AvgIpc) is 2.99. The lowest BCUT2D eigenvalue weighted by Crippen LogP contribution is -2.43. The first-order valence-corrected chi connectivity index (χ1v) is 8.55. The quantitative estimate of drug-likeness (QED) is 0.847. The van der Waals surface area contributed by atoms with E-state index in [4.69, 9.17) is 4.74 Å². The molecule has 0 bridgehead atoms. The molecule has 1 saturated heterocycles. The van der Waals surface area contributed by atoms with E-state index in [-0.39, 0.29) is 6.10 Å². The maximum Gasteiger partial charge on any atom is 0.224 e. The van der Waals surface area contributed by atoms with Crippen LogP contribution in [-0.4, -0.2) is 38.5 Å². The average molecular weight is 330 g/mol. The summed E-state index contributed by atoms with van der Waals surface area (Å²) >= 11 is 0. The van der Waals surface area contributed by atoms with Gasteiger partial charge >= 0.3 is 0 Å². The normalized spacial score (nSPS) is 21.0. The van der Waals surface area contributed by atoms with E-state index in [0.29, 0.717) is 24.5 Å². The maximum atomic E-state index is 5.93. The van der Waals surface area contributed by atoms with Gasteiger partial charge in [-0.05, 0) is 30.9 Å². The highest BCUT2D eigenvalue weighted by Gasteiger charge is 2.28. The largest absolute Gasteiger partial charge is 0.376 e. The SMILES string of the molecule is CC(C)C1OCCCC1Nc1ccnc(NCc2ccnn2C)n1. The first-order chi connectivity index (χ1) is 11.6. The second-order valence-corrected chi connectivity index (χ2v) is 6.54. The highest BCUT2D eigenvalue weighted by Crippen LogP contribution is 2.23. The van der Waals surface area contributed by atoms with Crippen molar-refractivity contribution >= 4 is 11.8 Å². The summed E-state index contributed by atoms with van der Waals surface area (Å²) in [6.45, 7) is 5.89. The minimum atomic E-state index is 0.222. The van der Waals surface area contributed by atoms with Crippen molar-refractivity contribution in [3.63, 3.8) is 0 Å². The Balaban J connectivity index is 1.63. The third-order valence-electron chi connectivity index (χ3n) is 4.36. The predicted molar refractivity (Wildman–Crippen MR) is 93.8 cm³/mol. The van der Waals surface area contributed by atoms with E-state index < -0.39 is 0 Å². The Morgan fingerprint density at radius 1 is 1.33 bits per heavy atom. The van der Waals surface area contributed by atoms with Crippen LogP contribution < -0.4 is 10.6 Å². The van der Waals surface area contributed by atoms with Crippen molar-refractivity contribution in [3.8, 4) is 0 Å². The molecule has 0 saturated carbocycles. The van der Waals surface area contributed by atoms with Crippen molar-refractivity contribution in [3.05, 3.63) is 30.2 Å². The first-order valence-electron chi connectivity index (χ1n) is 8.55. The molecule has 1 aliphatic rings. The van der Waals surface area contributed by atoms with Crippen LogP contribution in [-0.2, 0) is 18.3 Å². The lowest BCUT2D eigenvalue weighted by atomic mass is 9.94. The molecule has 2 N–H and O–H groups in total. The summed E-state index contributed by atoms with van der Waals surface area (Å²) in [5.41, 5.74) is 1.08. The standard InChI is InChI=1S/C17H26N6O/c1-12(2)16-14(5-4-10-24-16)21-15-7-8-18-17(22-15)19-11-13-6-9-20-23(13)3/h6-9,12,14,16H,4-5,10-11H2,1-3H3,(H2,18,19,21,22). The minimum absolute atomic E-state index is 0.222. The third kappa shape index (κ3) is 4.03. The predicted octanol–water partition coefficient (Wildman–Crippen LogP) is 2.44. The van der Waals surface area contributed by atoms with E-state index >= 15 is 0 Å². The van der Waals surface area contributed by atoms with Crippen LogP contribution in [0.15, 0.2) is 24.5 Å². The number of aryl methyl sites for hydroxylation is 1. The van der Waals surface area contributed by atoms with E-state index in [1.165, 1.54) is 0 Å². The Bertz CT molecular complexity index is 656. The van der Waals surface area contributed by atoms with Crippen molar-refractivity contribution in [1.29, 1.82) is 0 Å². The highest BCUT2D eigenvalue weighted by atomic mass is 16.5. The van der Waals surface area contributed by atoms with Crippen LogP contribution in [0.5, 0.6) is 0 Å². The van der Waals surface area contributed by atoms with Crippen LogP contribution in [0.3, 0.4) is 0 Å². The highest BCUT2D eigenvalue weighted by molar-refractivity contribution is 5.41. The Labute approximate surface area is 142 Å². The van der Waals surface area contributed by atoms with Crippen molar-refractivity contribution in [2.24, 2.45) is 13.0 Å². The molecule has 0 amide bonds. The molecular formula is C17H26N6O. The molecule has 24 heavy (non-hydrogen) atoms. The number of aromatic nitrogens is 4. The number of ether oxygens (including phenoxy) is 1. The zero-order valence-corrected chi connectivity index (χ0v) is 14.6. The Morgan fingerprint density at radius 3 is 2.96 bits per heavy atom. The fourth-order valence-corrected chi connectivity index (χ4v) is 3.07. The molecule has 3 heterocycles. The van der Waals surface area contributed by atoms with Crippen molar-refractivity contribution in [1.82, 2.24) is 19.7 Å². The van der Waals surface area contributed by atoms with Gasteiger partial charge in [0.1, 0.15) is 5.82 Å².